The number of nitrogens with zero attached hydrogens (tertiary/aromatic N) is 4. The molecule has 1 aromatic rings. The zero-order valence-electron chi connectivity index (χ0n) is 29.7. The molecular formula is C38H58N4O6. The van der Waals surface area contributed by atoms with E-state index in [9.17, 15) is 24.6 Å². The van der Waals surface area contributed by atoms with Crippen LogP contribution in [0, 0.1) is 18.8 Å². The largest absolute Gasteiger partial charge is 0.439 e. The maximum Gasteiger partial charge on any atom is 0.410 e. The van der Waals surface area contributed by atoms with Gasteiger partial charge in [0.2, 0.25) is 0 Å². The fourth-order valence-corrected chi connectivity index (χ4v) is 6.58. The highest BCUT2D eigenvalue weighted by Gasteiger charge is 2.36. The molecule has 2 N–H and O–H groups in total. The normalized spacial score (nSPS) is 21.6. The van der Waals surface area contributed by atoms with Crippen LogP contribution in [0.25, 0.3) is 0 Å². The maximum atomic E-state index is 13.4. The summed E-state index contributed by atoms with van der Waals surface area (Å²) in [6.45, 7) is 12.0. The first-order chi connectivity index (χ1) is 22.9. The summed E-state index contributed by atoms with van der Waals surface area (Å²) >= 11 is 0. The molecular weight excluding hydrogens is 608 g/mol. The monoisotopic (exact) mass is 666 g/mol. The van der Waals surface area contributed by atoms with E-state index in [0.29, 0.717) is 25.4 Å². The molecule has 0 radical (unpaired) electrons. The molecule has 10 nitrogen and oxygen atoms in total. The predicted octanol–water partition coefficient (Wildman–Crippen LogP) is 5.73. The first kappa shape index (κ1) is 39.2. The van der Waals surface area contributed by atoms with Crippen molar-refractivity contribution in [1.82, 2.24) is 19.8 Å². The number of aliphatic hydroxyl groups is 2. The van der Waals surface area contributed by atoms with Crippen molar-refractivity contribution >= 4 is 18.7 Å². The Morgan fingerprint density at radius 1 is 1.08 bits per heavy atom. The minimum Gasteiger partial charge on any atom is -0.439 e. The zero-order valence-corrected chi connectivity index (χ0v) is 29.7. The van der Waals surface area contributed by atoms with Gasteiger partial charge < -0.3 is 29.4 Å². The van der Waals surface area contributed by atoms with E-state index >= 15 is 0 Å². The van der Waals surface area contributed by atoms with Crippen LogP contribution in [0.4, 0.5) is 4.79 Å². The lowest BCUT2D eigenvalue weighted by Gasteiger charge is -2.40. The molecule has 2 fully saturated rings. The smallest absolute Gasteiger partial charge is 0.410 e. The van der Waals surface area contributed by atoms with Gasteiger partial charge in [-0.25, -0.2) is 14.8 Å². The van der Waals surface area contributed by atoms with Crippen LogP contribution in [-0.4, -0.2) is 98.7 Å². The van der Waals surface area contributed by atoms with Crippen molar-refractivity contribution in [3.8, 4) is 0 Å². The average molecular weight is 667 g/mol. The number of rotatable bonds is 16. The summed E-state index contributed by atoms with van der Waals surface area (Å²) in [5.41, 5.74) is 0.247. The molecule has 3 rings (SSSR count). The number of aryl methyl sites for hydroxylation is 1. The van der Waals surface area contributed by atoms with Crippen LogP contribution in [0.15, 0.2) is 48.2 Å². The fourth-order valence-electron chi connectivity index (χ4n) is 6.58. The van der Waals surface area contributed by atoms with Gasteiger partial charge >= 0.3 is 6.09 Å². The number of hydrogen-bond acceptors (Lipinski definition) is 9. The standard InChI is InChI=1S/C38H58N4O6/c1-28(11-10-12-30(3)36-39-21-18-31(4)40-36)34(27-44)29(2)15-16-35(38(5,47)20-17-33(45)19-26-43)48-37(46)42-24-22-41(23-25-42)32-13-8-6-7-9-14-32/h10-12,15-16,18,21,26-27,29-30,32-35,45,47H,6-9,13-14,17,19-20,22-25H2,1-5H3/b12-10+,16-15+,28-11+/t29-,30?,33-,34+,35-,38-/m0/s1. The molecule has 1 aliphatic carbocycles. The summed E-state index contributed by atoms with van der Waals surface area (Å²) in [5.74, 6) is 0.0338. The number of hydrogen-bond donors (Lipinski definition) is 2. The molecule has 1 aromatic heterocycles. The SMILES string of the molecule is C/C(=C\C=C\C(C)c1nccc(C)n1)[C@@H](C=O)[C@@H](C)/C=C/[C@H](OC(=O)N1CCN(C2CCCCCC2)CC1)[C@@](C)(O)CC[C@H](O)CC=O. The van der Waals surface area contributed by atoms with Crippen molar-refractivity contribution < 1.29 is 29.3 Å². The first-order valence-electron chi connectivity index (χ1n) is 17.8. The topological polar surface area (TPSA) is 133 Å². The third-order valence-electron chi connectivity index (χ3n) is 9.91. The highest BCUT2D eigenvalue weighted by molar-refractivity contribution is 5.68. The summed E-state index contributed by atoms with van der Waals surface area (Å²) in [5, 5.41) is 21.7. The predicted molar refractivity (Wildman–Crippen MR) is 187 cm³/mol. The lowest BCUT2D eigenvalue weighted by atomic mass is 9.86. The summed E-state index contributed by atoms with van der Waals surface area (Å²) in [4.78, 5) is 49.6. The molecule has 1 unspecified atom stereocenters. The number of ether oxygens (including phenoxy) is 1. The second-order valence-electron chi connectivity index (χ2n) is 14.0. The third kappa shape index (κ3) is 12.3. The molecule has 1 saturated heterocycles. The van der Waals surface area contributed by atoms with Gasteiger partial charge in [-0.1, -0.05) is 69.4 Å². The summed E-state index contributed by atoms with van der Waals surface area (Å²) in [7, 11) is 0. The second kappa shape index (κ2) is 19.7. The summed E-state index contributed by atoms with van der Waals surface area (Å²) < 4.78 is 5.97. The number of amides is 1. The minimum absolute atomic E-state index is 0.00321. The average Bonchev–Trinajstić information content (AvgIpc) is 3.36. The van der Waals surface area contributed by atoms with Crippen molar-refractivity contribution in [2.24, 2.45) is 11.8 Å². The minimum atomic E-state index is -1.52. The van der Waals surface area contributed by atoms with Gasteiger partial charge in [-0.3, -0.25) is 4.90 Å². The molecule has 2 aliphatic rings. The van der Waals surface area contributed by atoms with E-state index in [1.54, 1.807) is 24.1 Å². The Hall–Kier alpha value is -3.21. The van der Waals surface area contributed by atoms with E-state index in [1.807, 2.05) is 58.1 Å². The molecule has 48 heavy (non-hydrogen) atoms. The van der Waals surface area contributed by atoms with E-state index in [2.05, 4.69) is 14.9 Å². The van der Waals surface area contributed by atoms with Gasteiger partial charge in [0.1, 0.15) is 24.0 Å². The van der Waals surface area contributed by atoms with Crippen molar-refractivity contribution in [1.29, 1.82) is 0 Å². The molecule has 1 saturated carbocycles. The molecule has 1 amide bonds. The fraction of sp³-hybridized carbons (Fsp3) is 0.658. The highest BCUT2D eigenvalue weighted by atomic mass is 16.6. The molecule has 0 aromatic carbocycles. The third-order valence-corrected chi connectivity index (χ3v) is 9.91. The van der Waals surface area contributed by atoms with Gasteiger partial charge in [-0.05, 0) is 64.5 Å². The number of carbonyl (C=O) groups excluding carboxylic acids is 3. The van der Waals surface area contributed by atoms with Crippen molar-refractivity contribution in [3.63, 3.8) is 0 Å². The van der Waals surface area contributed by atoms with Gasteiger partial charge in [-0.15, -0.1) is 0 Å². The van der Waals surface area contributed by atoms with Crippen molar-refractivity contribution in [2.75, 3.05) is 26.2 Å². The quantitative estimate of drug-likeness (QED) is 0.0983. The van der Waals surface area contributed by atoms with Crippen LogP contribution in [0.5, 0.6) is 0 Å². The Kier molecular flexibility index (Phi) is 16.1. The van der Waals surface area contributed by atoms with E-state index in [1.165, 1.54) is 38.5 Å². The molecule has 2 heterocycles. The second-order valence-corrected chi connectivity index (χ2v) is 14.0. The molecule has 266 valence electrons. The van der Waals surface area contributed by atoms with E-state index in [0.717, 1.165) is 36.5 Å². The summed E-state index contributed by atoms with van der Waals surface area (Å²) in [6.07, 6.45) is 17.9. The van der Waals surface area contributed by atoms with E-state index in [4.69, 9.17) is 4.74 Å². The number of aliphatic hydroxyl groups excluding tert-OH is 1. The molecule has 6 atom stereocenters. The van der Waals surface area contributed by atoms with Crippen LogP contribution in [0.1, 0.15) is 103 Å². The zero-order chi connectivity index (χ0) is 35.1. The van der Waals surface area contributed by atoms with Gasteiger partial charge in [-0.2, -0.15) is 0 Å². The number of allylic oxidation sites excluding steroid dienone is 5. The Morgan fingerprint density at radius 2 is 1.77 bits per heavy atom. The Morgan fingerprint density at radius 3 is 2.40 bits per heavy atom. The first-order valence-corrected chi connectivity index (χ1v) is 17.8. The Labute approximate surface area is 287 Å². The van der Waals surface area contributed by atoms with E-state index < -0.39 is 29.8 Å². The lowest BCUT2D eigenvalue weighted by Crippen LogP contribution is -2.53. The highest BCUT2D eigenvalue weighted by Crippen LogP contribution is 2.27. The van der Waals surface area contributed by atoms with Crippen molar-refractivity contribution in [2.45, 2.75) is 122 Å². The molecule has 0 bridgehead atoms. The number of carbonyl (C=O) groups is 3. The molecule has 1 aliphatic heterocycles. The van der Waals surface area contributed by atoms with Crippen LogP contribution < -0.4 is 0 Å². The maximum absolute atomic E-state index is 13.4. The Bertz CT molecular complexity index is 1250. The summed E-state index contributed by atoms with van der Waals surface area (Å²) in [6, 6.07) is 2.43. The number of aldehydes is 2. The number of piperazine rings is 1. The number of aromatic nitrogens is 2. The Balaban J connectivity index is 1.69. The van der Waals surface area contributed by atoms with Gasteiger partial charge in [0.15, 0.2) is 6.10 Å². The van der Waals surface area contributed by atoms with Crippen LogP contribution in [0.2, 0.25) is 0 Å². The van der Waals surface area contributed by atoms with Crippen LogP contribution in [-0.2, 0) is 14.3 Å². The lowest BCUT2D eigenvalue weighted by molar-refractivity contribution is -0.111. The molecule has 10 heteroatoms. The van der Waals surface area contributed by atoms with Gasteiger partial charge in [0, 0.05) is 62.4 Å². The van der Waals surface area contributed by atoms with E-state index in [-0.39, 0.29) is 31.1 Å². The van der Waals surface area contributed by atoms with Crippen LogP contribution >= 0.6 is 0 Å². The van der Waals surface area contributed by atoms with Crippen LogP contribution in [0.3, 0.4) is 0 Å². The van der Waals surface area contributed by atoms with Gasteiger partial charge in [0.25, 0.3) is 0 Å². The van der Waals surface area contributed by atoms with Gasteiger partial charge in [0.05, 0.1) is 6.10 Å². The molecule has 0 spiro atoms. The van der Waals surface area contributed by atoms with Crippen molar-refractivity contribution in [3.05, 3.63) is 59.7 Å².